The molecule has 0 fully saturated rings. The topological polar surface area (TPSA) is 64.7 Å². The van der Waals surface area contributed by atoms with Crippen molar-refractivity contribution in [3.05, 3.63) is 89.4 Å². The van der Waals surface area contributed by atoms with Crippen LogP contribution in [0.2, 0.25) is 0 Å². The highest BCUT2D eigenvalue weighted by molar-refractivity contribution is 9.10. The van der Waals surface area contributed by atoms with Crippen molar-refractivity contribution in [1.29, 1.82) is 0 Å². The molecule has 0 aliphatic rings. The molecule has 4 rings (SSSR count). The third-order valence-electron chi connectivity index (χ3n) is 3.85. The summed E-state index contributed by atoms with van der Waals surface area (Å²) in [7, 11) is 0. The summed E-state index contributed by atoms with van der Waals surface area (Å²) in [5, 5.41) is 11.4. The second kappa shape index (κ2) is 6.97. The van der Waals surface area contributed by atoms with Crippen LogP contribution in [0, 0.1) is 0 Å². The van der Waals surface area contributed by atoms with Gasteiger partial charge in [0.1, 0.15) is 0 Å². The Hall–Kier alpha value is -3.19. The van der Waals surface area contributed by atoms with Crippen molar-refractivity contribution < 1.29 is 4.79 Å². The molecule has 2 aromatic carbocycles. The molecule has 2 heterocycles. The van der Waals surface area contributed by atoms with Crippen molar-refractivity contribution in [3.63, 3.8) is 0 Å². The van der Waals surface area contributed by atoms with Crippen LogP contribution in [0.1, 0.15) is 10.4 Å². The SMILES string of the molecule is O=C(Nc1ccccc1-n1cccn1)c1ccc(-n2cc(Br)cn2)cc1. The zero-order valence-corrected chi connectivity index (χ0v) is 15.2. The van der Waals surface area contributed by atoms with Crippen LogP contribution < -0.4 is 5.32 Å². The third kappa shape index (κ3) is 3.29. The van der Waals surface area contributed by atoms with E-state index in [1.807, 2.05) is 54.9 Å². The number of hydrogen-bond acceptors (Lipinski definition) is 3. The zero-order valence-electron chi connectivity index (χ0n) is 13.6. The average molecular weight is 408 g/mol. The van der Waals surface area contributed by atoms with Gasteiger partial charge in [-0.15, -0.1) is 0 Å². The van der Waals surface area contributed by atoms with Crippen molar-refractivity contribution in [2.45, 2.75) is 0 Å². The number of para-hydroxylation sites is 2. The van der Waals surface area contributed by atoms with E-state index in [9.17, 15) is 4.79 Å². The molecule has 0 saturated heterocycles. The summed E-state index contributed by atoms with van der Waals surface area (Å²) in [5.41, 5.74) is 2.95. The summed E-state index contributed by atoms with van der Waals surface area (Å²) in [4.78, 5) is 12.6. The molecule has 0 unspecified atom stereocenters. The monoisotopic (exact) mass is 407 g/mol. The first-order chi connectivity index (χ1) is 12.7. The highest BCUT2D eigenvalue weighted by atomic mass is 79.9. The normalized spacial score (nSPS) is 10.7. The molecule has 128 valence electrons. The summed E-state index contributed by atoms with van der Waals surface area (Å²) in [6.45, 7) is 0. The summed E-state index contributed by atoms with van der Waals surface area (Å²) < 4.78 is 4.35. The van der Waals surface area contributed by atoms with Crippen LogP contribution in [-0.2, 0) is 0 Å². The Kier molecular flexibility index (Phi) is 4.37. The number of halogens is 1. The molecule has 6 nitrogen and oxygen atoms in total. The van der Waals surface area contributed by atoms with Gasteiger partial charge in [0.2, 0.25) is 0 Å². The first-order valence-corrected chi connectivity index (χ1v) is 8.71. The maximum Gasteiger partial charge on any atom is 0.255 e. The van der Waals surface area contributed by atoms with Gasteiger partial charge < -0.3 is 5.32 Å². The second-order valence-corrected chi connectivity index (χ2v) is 6.49. The van der Waals surface area contributed by atoms with E-state index < -0.39 is 0 Å². The third-order valence-corrected chi connectivity index (χ3v) is 4.26. The van der Waals surface area contributed by atoms with Crippen LogP contribution >= 0.6 is 15.9 Å². The zero-order chi connectivity index (χ0) is 17.9. The molecule has 0 saturated carbocycles. The summed E-state index contributed by atoms with van der Waals surface area (Å²) >= 11 is 3.37. The fourth-order valence-corrected chi connectivity index (χ4v) is 2.88. The number of aromatic nitrogens is 4. The number of hydrogen-bond donors (Lipinski definition) is 1. The molecule has 1 N–H and O–H groups in total. The van der Waals surface area contributed by atoms with Crippen molar-refractivity contribution in [2.24, 2.45) is 0 Å². The molecule has 0 spiro atoms. The van der Waals surface area contributed by atoms with Crippen LogP contribution in [0.3, 0.4) is 0 Å². The molecule has 26 heavy (non-hydrogen) atoms. The molecule has 4 aromatic rings. The van der Waals surface area contributed by atoms with Gasteiger partial charge in [-0.25, -0.2) is 9.36 Å². The number of anilines is 1. The molecule has 0 aliphatic carbocycles. The fraction of sp³-hybridized carbons (Fsp3) is 0. The lowest BCUT2D eigenvalue weighted by Crippen LogP contribution is -2.14. The van der Waals surface area contributed by atoms with E-state index in [2.05, 4.69) is 31.4 Å². The molecular weight excluding hydrogens is 394 g/mol. The minimum absolute atomic E-state index is 0.183. The maximum atomic E-state index is 12.6. The lowest BCUT2D eigenvalue weighted by atomic mass is 10.2. The van der Waals surface area contributed by atoms with Gasteiger partial charge in [-0.2, -0.15) is 10.2 Å². The van der Waals surface area contributed by atoms with E-state index in [-0.39, 0.29) is 5.91 Å². The van der Waals surface area contributed by atoms with Crippen LogP contribution in [0.5, 0.6) is 0 Å². The molecule has 0 atom stereocenters. The van der Waals surface area contributed by atoms with Crippen LogP contribution in [0.25, 0.3) is 11.4 Å². The number of carbonyl (C=O) groups excluding carboxylic acids is 1. The Morgan fingerprint density at radius 3 is 2.46 bits per heavy atom. The molecule has 0 aliphatic heterocycles. The van der Waals surface area contributed by atoms with Gasteiger partial charge in [0.15, 0.2) is 0 Å². The number of nitrogens with one attached hydrogen (secondary N) is 1. The van der Waals surface area contributed by atoms with Crippen LogP contribution in [0.15, 0.2) is 83.9 Å². The Bertz CT molecular complexity index is 1040. The quantitative estimate of drug-likeness (QED) is 0.554. The Morgan fingerprint density at radius 1 is 0.962 bits per heavy atom. The fourth-order valence-electron chi connectivity index (χ4n) is 2.59. The maximum absolute atomic E-state index is 12.6. The summed E-state index contributed by atoms with van der Waals surface area (Å²) in [5.74, 6) is -0.183. The molecule has 1 amide bonds. The number of nitrogens with zero attached hydrogens (tertiary/aromatic N) is 4. The van der Waals surface area contributed by atoms with Gasteiger partial charge in [0, 0.05) is 24.2 Å². The first-order valence-electron chi connectivity index (χ1n) is 7.92. The summed E-state index contributed by atoms with van der Waals surface area (Å²) in [6.07, 6.45) is 7.11. The molecule has 2 aromatic heterocycles. The first kappa shape index (κ1) is 16.3. The highest BCUT2D eigenvalue weighted by Gasteiger charge is 2.10. The number of carbonyl (C=O) groups is 1. The van der Waals surface area contributed by atoms with E-state index in [0.29, 0.717) is 11.3 Å². The number of benzene rings is 2. The Morgan fingerprint density at radius 2 is 1.77 bits per heavy atom. The van der Waals surface area contributed by atoms with E-state index in [0.717, 1.165) is 15.8 Å². The van der Waals surface area contributed by atoms with Gasteiger partial charge in [-0.05, 0) is 58.4 Å². The van der Waals surface area contributed by atoms with E-state index in [4.69, 9.17) is 0 Å². The number of amides is 1. The van der Waals surface area contributed by atoms with Crippen molar-refractivity contribution >= 4 is 27.5 Å². The molecular formula is C19H14BrN5O. The minimum Gasteiger partial charge on any atom is -0.320 e. The largest absolute Gasteiger partial charge is 0.320 e. The van der Waals surface area contributed by atoms with Crippen molar-refractivity contribution in [2.75, 3.05) is 5.32 Å². The standard InChI is InChI=1S/C19H14BrN5O/c20-15-12-22-25(13-15)16-8-6-14(7-9-16)19(26)23-17-4-1-2-5-18(17)24-11-3-10-21-24/h1-13H,(H,23,26). The van der Waals surface area contributed by atoms with Crippen LogP contribution in [-0.4, -0.2) is 25.5 Å². The minimum atomic E-state index is -0.183. The smallest absolute Gasteiger partial charge is 0.255 e. The van der Waals surface area contributed by atoms with E-state index >= 15 is 0 Å². The molecule has 0 bridgehead atoms. The predicted octanol–water partition coefficient (Wildman–Crippen LogP) is 4.07. The second-order valence-electron chi connectivity index (χ2n) is 5.57. The van der Waals surface area contributed by atoms with E-state index in [1.54, 1.807) is 33.9 Å². The van der Waals surface area contributed by atoms with Crippen LogP contribution in [0.4, 0.5) is 5.69 Å². The number of rotatable bonds is 4. The van der Waals surface area contributed by atoms with Gasteiger partial charge in [0.05, 0.1) is 27.7 Å². The van der Waals surface area contributed by atoms with Crippen molar-refractivity contribution in [1.82, 2.24) is 19.6 Å². The van der Waals surface area contributed by atoms with Gasteiger partial charge in [-0.1, -0.05) is 12.1 Å². The van der Waals surface area contributed by atoms with Gasteiger partial charge in [-0.3, -0.25) is 4.79 Å². The van der Waals surface area contributed by atoms with Crippen molar-refractivity contribution in [3.8, 4) is 11.4 Å². The lowest BCUT2D eigenvalue weighted by Gasteiger charge is -2.11. The van der Waals surface area contributed by atoms with Gasteiger partial charge in [0.25, 0.3) is 5.91 Å². The Balaban J connectivity index is 1.56. The Labute approximate surface area is 158 Å². The predicted molar refractivity (Wildman–Crippen MR) is 103 cm³/mol. The highest BCUT2D eigenvalue weighted by Crippen LogP contribution is 2.20. The average Bonchev–Trinajstić information content (AvgIpc) is 3.34. The summed E-state index contributed by atoms with van der Waals surface area (Å²) in [6, 6.07) is 16.6. The van der Waals surface area contributed by atoms with E-state index in [1.165, 1.54) is 0 Å². The lowest BCUT2D eigenvalue weighted by molar-refractivity contribution is 0.102. The van der Waals surface area contributed by atoms with Gasteiger partial charge >= 0.3 is 0 Å². The molecule has 7 heteroatoms. The molecule has 0 radical (unpaired) electrons.